The molecule has 1 unspecified atom stereocenters. The lowest BCUT2D eigenvalue weighted by molar-refractivity contribution is -0.799. The SMILES string of the molecule is CC(C)CC(C)[C@@H](O[N+](=O)[O-])[C@@H](C)O[N+](=O)[O-]. The summed E-state index contributed by atoms with van der Waals surface area (Å²) in [6, 6.07) is 0. The van der Waals surface area contributed by atoms with Gasteiger partial charge in [0.1, 0.15) is 12.2 Å². The fourth-order valence-electron chi connectivity index (χ4n) is 1.83. The molecule has 17 heavy (non-hydrogen) atoms. The molecule has 0 N–H and O–H groups in total. The van der Waals surface area contributed by atoms with Crippen molar-refractivity contribution < 1.29 is 19.8 Å². The van der Waals surface area contributed by atoms with Gasteiger partial charge in [-0.05, 0) is 25.2 Å². The third kappa shape index (κ3) is 6.54. The van der Waals surface area contributed by atoms with E-state index in [9.17, 15) is 20.2 Å². The van der Waals surface area contributed by atoms with E-state index >= 15 is 0 Å². The Morgan fingerprint density at radius 3 is 1.82 bits per heavy atom. The highest BCUT2D eigenvalue weighted by molar-refractivity contribution is 4.72. The lowest BCUT2D eigenvalue weighted by atomic mass is 9.91. The molecular weight excluding hydrogens is 232 g/mol. The summed E-state index contributed by atoms with van der Waals surface area (Å²) in [5.41, 5.74) is 0. The quantitative estimate of drug-likeness (QED) is 0.480. The van der Waals surface area contributed by atoms with Crippen LogP contribution >= 0.6 is 0 Å². The maximum absolute atomic E-state index is 10.3. The lowest BCUT2D eigenvalue weighted by Gasteiger charge is -2.27. The van der Waals surface area contributed by atoms with Crippen molar-refractivity contribution in [3.8, 4) is 0 Å². The third-order valence-corrected chi connectivity index (χ3v) is 2.33. The highest BCUT2D eigenvalue weighted by Crippen LogP contribution is 2.21. The van der Waals surface area contributed by atoms with Gasteiger partial charge in [0.05, 0.1) is 0 Å². The van der Waals surface area contributed by atoms with E-state index in [2.05, 4.69) is 9.68 Å². The van der Waals surface area contributed by atoms with Crippen molar-refractivity contribution in [1.82, 2.24) is 0 Å². The molecule has 0 saturated carbocycles. The molecule has 100 valence electrons. The molecule has 0 rings (SSSR count). The zero-order chi connectivity index (χ0) is 13.6. The minimum Gasteiger partial charge on any atom is -0.309 e. The average molecular weight is 250 g/mol. The van der Waals surface area contributed by atoms with Crippen LogP contribution in [0.15, 0.2) is 0 Å². The van der Waals surface area contributed by atoms with E-state index in [-0.39, 0.29) is 5.92 Å². The summed E-state index contributed by atoms with van der Waals surface area (Å²) in [5, 5.41) is 18.6. The molecule has 0 spiro atoms. The van der Waals surface area contributed by atoms with Gasteiger partial charge in [-0.25, -0.2) is 0 Å². The highest BCUT2D eigenvalue weighted by atomic mass is 17.0. The van der Waals surface area contributed by atoms with Crippen LogP contribution in [0.3, 0.4) is 0 Å². The topological polar surface area (TPSA) is 105 Å². The van der Waals surface area contributed by atoms with Crippen LogP contribution in [0.4, 0.5) is 0 Å². The van der Waals surface area contributed by atoms with Crippen LogP contribution in [-0.2, 0) is 9.68 Å². The predicted molar refractivity (Wildman–Crippen MR) is 58.0 cm³/mol. The molecule has 0 saturated heterocycles. The Kier molecular flexibility index (Phi) is 6.22. The van der Waals surface area contributed by atoms with Crippen molar-refractivity contribution in [2.45, 2.75) is 46.3 Å². The van der Waals surface area contributed by atoms with E-state index in [0.717, 1.165) is 0 Å². The molecule has 0 aliphatic heterocycles. The van der Waals surface area contributed by atoms with Gasteiger partial charge >= 0.3 is 0 Å². The van der Waals surface area contributed by atoms with E-state index < -0.39 is 22.4 Å². The third-order valence-electron chi connectivity index (χ3n) is 2.33. The summed E-state index contributed by atoms with van der Waals surface area (Å²) in [7, 11) is 0. The molecule has 8 heteroatoms. The largest absolute Gasteiger partial charge is 0.309 e. The van der Waals surface area contributed by atoms with Crippen LogP contribution < -0.4 is 0 Å². The number of nitrogens with zero attached hydrogens (tertiary/aromatic N) is 2. The van der Waals surface area contributed by atoms with Crippen molar-refractivity contribution >= 4 is 0 Å². The van der Waals surface area contributed by atoms with Crippen molar-refractivity contribution in [1.29, 1.82) is 0 Å². The highest BCUT2D eigenvalue weighted by Gasteiger charge is 2.30. The molecule has 0 aromatic heterocycles. The first kappa shape index (κ1) is 15.4. The summed E-state index contributed by atoms with van der Waals surface area (Å²) in [6.07, 6.45) is -1.27. The second-order valence-electron chi connectivity index (χ2n) is 4.43. The second kappa shape index (κ2) is 6.87. The minimum atomic E-state index is -0.982. The van der Waals surface area contributed by atoms with Crippen LogP contribution in [0.2, 0.25) is 0 Å². The van der Waals surface area contributed by atoms with Gasteiger partial charge in [0.25, 0.3) is 10.2 Å². The molecule has 0 bridgehead atoms. The number of hydrogen-bond acceptors (Lipinski definition) is 6. The average Bonchev–Trinajstić information content (AvgIpc) is 2.11. The van der Waals surface area contributed by atoms with Crippen LogP contribution in [0.25, 0.3) is 0 Å². The van der Waals surface area contributed by atoms with Gasteiger partial charge in [0.15, 0.2) is 0 Å². The molecule has 8 nitrogen and oxygen atoms in total. The summed E-state index contributed by atoms with van der Waals surface area (Å²) in [6.45, 7) is 7.04. The standard InChI is InChI=1S/C9H18N2O6/c1-6(2)5-7(3)9(17-11(14)15)8(4)16-10(12)13/h6-9H,5H2,1-4H3/t7?,8-,9-/m1/s1. The van der Waals surface area contributed by atoms with Crippen LogP contribution in [0.1, 0.15) is 34.1 Å². The Labute approximate surface area is 99.1 Å². The van der Waals surface area contributed by atoms with Gasteiger partial charge in [-0.2, -0.15) is 0 Å². The molecule has 0 aromatic carbocycles. The molecular formula is C9H18N2O6. The van der Waals surface area contributed by atoms with Gasteiger partial charge in [-0.15, -0.1) is 20.2 Å². The van der Waals surface area contributed by atoms with Crippen molar-refractivity contribution in [2.75, 3.05) is 0 Å². The Balaban J connectivity index is 4.60. The Hall–Kier alpha value is -1.60. The predicted octanol–water partition coefficient (Wildman–Crippen LogP) is 1.84. The molecule has 0 amide bonds. The van der Waals surface area contributed by atoms with E-state index in [4.69, 9.17) is 0 Å². The fraction of sp³-hybridized carbons (Fsp3) is 1.00. The van der Waals surface area contributed by atoms with Crippen LogP contribution in [0.5, 0.6) is 0 Å². The zero-order valence-corrected chi connectivity index (χ0v) is 10.4. The Bertz CT molecular complexity index is 270. The normalized spacial score (nSPS) is 16.1. The summed E-state index contributed by atoms with van der Waals surface area (Å²) in [4.78, 5) is 29.3. The molecule has 0 fully saturated rings. The van der Waals surface area contributed by atoms with E-state index in [1.165, 1.54) is 6.92 Å². The minimum absolute atomic E-state index is 0.213. The molecule has 3 atom stereocenters. The van der Waals surface area contributed by atoms with Crippen LogP contribution in [-0.4, -0.2) is 22.4 Å². The Morgan fingerprint density at radius 1 is 1.00 bits per heavy atom. The van der Waals surface area contributed by atoms with Gasteiger partial charge in [-0.1, -0.05) is 20.8 Å². The molecule has 0 radical (unpaired) electrons. The van der Waals surface area contributed by atoms with E-state index in [1.807, 2.05) is 13.8 Å². The molecule has 0 aromatic rings. The summed E-state index contributed by atoms with van der Waals surface area (Å²) >= 11 is 0. The molecule has 0 aliphatic rings. The van der Waals surface area contributed by atoms with Gasteiger partial charge in [0, 0.05) is 0 Å². The van der Waals surface area contributed by atoms with E-state index in [0.29, 0.717) is 12.3 Å². The number of hydrogen-bond donors (Lipinski definition) is 0. The number of rotatable bonds is 8. The summed E-state index contributed by atoms with van der Waals surface area (Å²) in [5.74, 6) is 0.0982. The second-order valence-corrected chi connectivity index (χ2v) is 4.43. The van der Waals surface area contributed by atoms with Crippen molar-refractivity contribution in [3.63, 3.8) is 0 Å². The molecule has 0 aliphatic carbocycles. The van der Waals surface area contributed by atoms with E-state index in [1.54, 1.807) is 6.92 Å². The van der Waals surface area contributed by atoms with Gasteiger partial charge < -0.3 is 9.68 Å². The maximum Gasteiger partial charge on any atom is 0.294 e. The zero-order valence-electron chi connectivity index (χ0n) is 10.4. The maximum atomic E-state index is 10.3. The van der Waals surface area contributed by atoms with Crippen LogP contribution in [0, 0.1) is 32.1 Å². The Morgan fingerprint density at radius 2 is 1.47 bits per heavy atom. The first-order valence-corrected chi connectivity index (χ1v) is 5.36. The van der Waals surface area contributed by atoms with Crippen molar-refractivity contribution in [3.05, 3.63) is 20.2 Å². The summed E-state index contributed by atoms with van der Waals surface area (Å²) < 4.78 is 0. The van der Waals surface area contributed by atoms with Crippen molar-refractivity contribution in [2.24, 2.45) is 11.8 Å². The smallest absolute Gasteiger partial charge is 0.294 e. The monoisotopic (exact) mass is 250 g/mol. The fourth-order valence-corrected chi connectivity index (χ4v) is 1.83. The first-order valence-electron chi connectivity index (χ1n) is 5.36. The molecule has 0 heterocycles. The van der Waals surface area contributed by atoms with Gasteiger partial charge in [0.2, 0.25) is 0 Å². The first-order chi connectivity index (χ1) is 7.73. The van der Waals surface area contributed by atoms with Gasteiger partial charge in [-0.3, -0.25) is 0 Å². The lowest BCUT2D eigenvalue weighted by Crippen LogP contribution is -2.38.